The topological polar surface area (TPSA) is 96.3 Å². The van der Waals surface area contributed by atoms with Gasteiger partial charge in [0.15, 0.2) is 6.10 Å². The van der Waals surface area contributed by atoms with Gasteiger partial charge in [0.05, 0.1) is 12.6 Å². The van der Waals surface area contributed by atoms with Crippen LogP contribution in [0, 0.1) is 0 Å². The van der Waals surface area contributed by atoms with Gasteiger partial charge in [-0.25, -0.2) is 9.69 Å². The van der Waals surface area contributed by atoms with Crippen LogP contribution in [0.5, 0.6) is 0 Å². The molecule has 1 saturated heterocycles. The molecule has 0 spiro atoms. The van der Waals surface area contributed by atoms with Crippen LogP contribution in [-0.4, -0.2) is 64.7 Å². The van der Waals surface area contributed by atoms with E-state index < -0.39 is 35.9 Å². The highest BCUT2D eigenvalue weighted by molar-refractivity contribution is 5.97. The highest BCUT2D eigenvalue weighted by atomic mass is 16.6. The van der Waals surface area contributed by atoms with E-state index >= 15 is 0 Å². The molecule has 0 saturated carbocycles. The van der Waals surface area contributed by atoms with Gasteiger partial charge >= 0.3 is 6.09 Å². The second kappa shape index (κ2) is 5.21. The van der Waals surface area contributed by atoms with E-state index in [-0.39, 0.29) is 6.61 Å². The average Bonchev–Trinajstić information content (AvgIpc) is 2.42. The maximum atomic E-state index is 11.9. The Kier molecular flexibility index (Phi) is 4.31. The molecule has 0 aliphatic carbocycles. The average molecular weight is 261 g/mol. The number of ether oxygens (including phenoxy) is 2. The molecule has 0 unspecified atom stereocenters. The second-order valence-corrected chi connectivity index (χ2v) is 5.15. The minimum absolute atomic E-state index is 0.0663. The number of methoxy groups -OCH3 is 1. The predicted octanol–water partition coefficient (Wildman–Crippen LogP) is -0.500. The van der Waals surface area contributed by atoms with Crippen LogP contribution < -0.4 is 0 Å². The van der Waals surface area contributed by atoms with E-state index in [9.17, 15) is 19.8 Å². The largest absolute Gasteiger partial charge is 0.443 e. The lowest BCUT2D eigenvalue weighted by Gasteiger charge is -2.27. The van der Waals surface area contributed by atoms with Crippen molar-refractivity contribution in [3.05, 3.63) is 0 Å². The van der Waals surface area contributed by atoms with E-state index in [0.717, 1.165) is 0 Å². The summed E-state index contributed by atoms with van der Waals surface area (Å²) in [5, 5.41) is 19.2. The van der Waals surface area contributed by atoms with Crippen molar-refractivity contribution in [3.63, 3.8) is 0 Å². The Labute approximate surface area is 105 Å². The van der Waals surface area contributed by atoms with Crippen LogP contribution in [0.15, 0.2) is 0 Å². The van der Waals surface area contributed by atoms with Gasteiger partial charge in [-0.15, -0.1) is 0 Å². The Morgan fingerprint density at radius 1 is 1.39 bits per heavy atom. The van der Waals surface area contributed by atoms with Crippen LogP contribution in [0.3, 0.4) is 0 Å². The van der Waals surface area contributed by atoms with E-state index in [1.54, 1.807) is 20.8 Å². The third kappa shape index (κ3) is 2.98. The molecule has 1 heterocycles. The van der Waals surface area contributed by atoms with Gasteiger partial charge in [-0.1, -0.05) is 0 Å². The predicted molar refractivity (Wildman–Crippen MR) is 60.8 cm³/mol. The lowest BCUT2D eigenvalue weighted by Crippen LogP contribution is -2.46. The number of hydrogen-bond donors (Lipinski definition) is 2. The fourth-order valence-corrected chi connectivity index (χ4v) is 1.70. The molecular weight excluding hydrogens is 242 g/mol. The van der Waals surface area contributed by atoms with Crippen molar-refractivity contribution in [2.75, 3.05) is 13.7 Å². The van der Waals surface area contributed by atoms with Crippen molar-refractivity contribution in [1.29, 1.82) is 0 Å². The van der Waals surface area contributed by atoms with Crippen molar-refractivity contribution in [1.82, 2.24) is 4.90 Å². The maximum absolute atomic E-state index is 11.9. The van der Waals surface area contributed by atoms with E-state index in [1.165, 1.54) is 7.11 Å². The minimum atomic E-state index is -1.63. The summed E-state index contributed by atoms with van der Waals surface area (Å²) in [6.07, 6.45) is -3.90. The molecule has 0 radical (unpaired) electrons. The Hall–Kier alpha value is -1.18. The fourth-order valence-electron chi connectivity index (χ4n) is 1.70. The summed E-state index contributed by atoms with van der Waals surface area (Å²) in [7, 11) is 1.37. The maximum Gasteiger partial charge on any atom is 0.417 e. The van der Waals surface area contributed by atoms with E-state index in [2.05, 4.69) is 0 Å². The summed E-state index contributed by atoms with van der Waals surface area (Å²) >= 11 is 0. The normalized spacial score (nSPS) is 28.7. The van der Waals surface area contributed by atoms with Gasteiger partial charge in [-0.05, 0) is 20.8 Å². The number of nitrogens with zero attached hydrogens (tertiary/aromatic N) is 1. The first kappa shape index (κ1) is 14.9. The Balaban J connectivity index is 2.89. The zero-order valence-corrected chi connectivity index (χ0v) is 10.9. The van der Waals surface area contributed by atoms with Crippen LogP contribution >= 0.6 is 0 Å². The van der Waals surface area contributed by atoms with Gasteiger partial charge in [0.1, 0.15) is 11.7 Å². The van der Waals surface area contributed by atoms with Crippen LogP contribution in [-0.2, 0) is 14.3 Å². The van der Waals surface area contributed by atoms with Gasteiger partial charge in [-0.2, -0.15) is 0 Å². The third-order valence-corrected chi connectivity index (χ3v) is 2.47. The zero-order valence-electron chi connectivity index (χ0n) is 10.9. The molecule has 1 aliphatic rings. The molecule has 0 aromatic carbocycles. The first-order valence-corrected chi connectivity index (χ1v) is 5.60. The standard InChI is InChI=1S/C11H19NO6/c1-11(2,3)18-10(16)12-6(5-17-4)7(13)8(14)9(12)15/h6-8,13-14H,5H2,1-4H3/t6-,7-,8-/m0/s1. The number of rotatable bonds is 2. The van der Waals surface area contributed by atoms with Gasteiger partial charge in [0.25, 0.3) is 5.91 Å². The SMILES string of the molecule is COC[C@H]1[C@H](O)[C@H](O)C(=O)N1C(=O)OC(C)(C)C. The molecule has 7 nitrogen and oxygen atoms in total. The number of likely N-dealkylation sites (tertiary alicyclic amines) is 1. The number of imide groups is 1. The monoisotopic (exact) mass is 261 g/mol. The van der Waals surface area contributed by atoms with Crippen molar-refractivity contribution in [2.45, 2.75) is 44.6 Å². The molecule has 3 atom stereocenters. The zero-order chi connectivity index (χ0) is 14.1. The summed E-state index contributed by atoms with van der Waals surface area (Å²) in [5.74, 6) is -0.876. The van der Waals surface area contributed by atoms with Crippen molar-refractivity contribution >= 4 is 12.0 Å². The quantitative estimate of drug-likeness (QED) is 0.695. The third-order valence-electron chi connectivity index (χ3n) is 2.47. The summed E-state index contributed by atoms with van der Waals surface area (Å²) in [6.45, 7) is 4.90. The molecule has 1 aliphatic heterocycles. The molecule has 2 N–H and O–H groups in total. The lowest BCUT2D eigenvalue weighted by molar-refractivity contribution is -0.135. The van der Waals surface area contributed by atoms with Gasteiger partial charge in [0.2, 0.25) is 0 Å². The molecule has 7 heteroatoms. The molecule has 18 heavy (non-hydrogen) atoms. The second-order valence-electron chi connectivity index (χ2n) is 5.15. The number of aliphatic hydroxyl groups is 2. The molecular formula is C11H19NO6. The summed E-state index contributed by atoms with van der Waals surface area (Å²) < 4.78 is 9.88. The van der Waals surface area contributed by atoms with E-state index in [1.807, 2.05) is 0 Å². The Morgan fingerprint density at radius 2 is 1.94 bits per heavy atom. The molecule has 0 aromatic heterocycles. The highest BCUT2D eigenvalue weighted by Crippen LogP contribution is 2.23. The molecule has 0 aromatic rings. The Morgan fingerprint density at radius 3 is 2.39 bits per heavy atom. The van der Waals surface area contributed by atoms with Gasteiger partial charge in [0, 0.05) is 7.11 Å². The number of carbonyl (C=O) groups is 2. The lowest BCUT2D eigenvalue weighted by atomic mass is 10.1. The molecule has 1 rings (SSSR count). The number of amides is 2. The molecule has 2 amide bonds. The first-order valence-electron chi connectivity index (χ1n) is 5.60. The van der Waals surface area contributed by atoms with Crippen molar-refractivity contribution < 1.29 is 29.3 Å². The molecule has 0 bridgehead atoms. The van der Waals surface area contributed by atoms with Gasteiger partial charge in [-0.3, -0.25) is 4.79 Å². The van der Waals surface area contributed by atoms with Crippen molar-refractivity contribution in [3.8, 4) is 0 Å². The summed E-state index contributed by atoms with van der Waals surface area (Å²) in [6, 6.07) is -0.938. The smallest absolute Gasteiger partial charge is 0.417 e. The number of hydrogen-bond acceptors (Lipinski definition) is 6. The van der Waals surface area contributed by atoms with E-state index in [0.29, 0.717) is 4.90 Å². The molecule has 1 fully saturated rings. The molecule has 104 valence electrons. The summed E-state index contributed by atoms with van der Waals surface area (Å²) in [5.41, 5.74) is -0.770. The number of carbonyl (C=O) groups excluding carboxylic acids is 2. The van der Waals surface area contributed by atoms with E-state index in [4.69, 9.17) is 9.47 Å². The van der Waals surface area contributed by atoms with Crippen LogP contribution in [0.25, 0.3) is 0 Å². The summed E-state index contributed by atoms with van der Waals surface area (Å²) in [4.78, 5) is 24.3. The van der Waals surface area contributed by atoms with Crippen LogP contribution in [0.1, 0.15) is 20.8 Å². The van der Waals surface area contributed by atoms with Crippen LogP contribution in [0.2, 0.25) is 0 Å². The van der Waals surface area contributed by atoms with Crippen LogP contribution in [0.4, 0.5) is 4.79 Å². The fraction of sp³-hybridized carbons (Fsp3) is 0.818. The first-order chi connectivity index (χ1) is 8.19. The minimum Gasteiger partial charge on any atom is -0.443 e. The van der Waals surface area contributed by atoms with Gasteiger partial charge < -0.3 is 19.7 Å². The highest BCUT2D eigenvalue weighted by Gasteiger charge is 2.50. The number of aliphatic hydroxyl groups excluding tert-OH is 2. The van der Waals surface area contributed by atoms with Crippen molar-refractivity contribution in [2.24, 2.45) is 0 Å². The Bertz CT molecular complexity index is 337.